The Morgan fingerprint density at radius 3 is 2.46 bits per heavy atom. The molecule has 0 radical (unpaired) electrons. The SMILES string of the molecule is CCCCCc1cc2cccc3c2c(c1Oc1ccccc1)C(=O)C3=O. The van der Waals surface area contributed by atoms with E-state index in [4.69, 9.17) is 4.74 Å². The third-order valence-electron chi connectivity index (χ3n) is 4.89. The van der Waals surface area contributed by atoms with E-state index in [1.807, 2.05) is 42.5 Å². The van der Waals surface area contributed by atoms with E-state index in [-0.39, 0.29) is 0 Å². The predicted octanol–water partition coefficient (Wildman–Crippen LogP) is 5.74. The largest absolute Gasteiger partial charge is 0.456 e. The van der Waals surface area contributed by atoms with E-state index >= 15 is 0 Å². The number of rotatable bonds is 6. The topological polar surface area (TPSA) is 43.4 Å². The average Bonchev–Trinajstić information content (AvgIpc) is 2.92. The molecule has 3 heteroatoms. The second kappa shape index (κ2) is 6.75. The quantitative estimate of drug-likeness (QED) is 0.423. The molecule has 3 aromatic carbocycles. The third kappa shape index (κ3) is 2.70. The molecule has 0 atom stereocenters. The van der Waals surface area contributed by atoms with Crippen LogP contribution in [0.3, 0.4) is 0 Å². The summed E-state index contributed by atoms with van der Waals surface area (Å²) in [5, 5.41) is 1.66. The summed E-state index contributed by atoms with van der Waals surface area (Å²) in [4.78, 5) is 25.2. The minimum absolute atomic E-state index is 0.429. The van der Waals surface area contributed by atoms with E-state index in [1.54, 1.807) is 6.07 Å². The van der Waals surface area contributed by atoms with Crippen LogP contribution in [0.15, 0.2) is 54.6 Å². The van der Waals surface area contributed by atoms with Gasteiger partial charge < -0.3 is 4.74 Å². The van der Waals surface area contributed by atoms with Crippen LogP contribution in [0.2, 0.25) is 0 Å². The molecule has 0 aliphatic heterocycles. The second-order valence-electron chi connectivity index (χ2n) is 6.67. The van der Waals surface area contributed by atoms with Crippen LogP contribution in [0.25, 0.3) is 10.8 Å². The highest BCUT2D eigenvalue weighted by Crippen LogP contribution is 2.41. The summed E-state index contributed by atoms with van der Waals surface area (Å²) in [6.07, 6.45) is 4.08. The predicted molar refractivity (Wildman–Crippen MR) is 102 cm³/mol. The van der Waals surface area contributed by atoms with Crippen molar-refractivity contribution in [3.8, 4) is 11.5 Å². The van der Waals surface area contributed by atoms with E-state index in [9.17, 15) is 9.59 Å². The number of benzene rings is 3. The van der Waals surface area contributed by atoms with Crippen molar-refractivity contribution in [2.45, 2.75) is 32.6 Å². The Morgan fingerprint density at radius 2 is 1.69 bits per heavy atom. The fourth-order valence-electron chi connectivity index (χ4n) is 3.61. The van der Waals surface area contributed by atoms with Gasteiger partial charge in [-0.3, -0.25) is 9.59 Å². The molecule has 130 valence electrons. The number of hydrogen-bond donors (Lipinski definition) is 0. The zero-order valence-electron chi connectivity index (χ0n) is 14.7. The monoisotopic (exact) mass is 344 g/mol. The molecule has 0 amide bonds. The summed E-state index contributed by atoms with van der Waals surface area (Å²) in [5.41, 5.74) is 1.91. The zero-order valence-corrected chi connectivity index (χ0v) is 14.7. The van der Waals surface area contributed by atoms with Crippen molar-refractivity contribution in [1.29, 1.82) is 0 Å². The minimum Gasteiger partial charge on any atom is -0.456 e. The van der Waals surface area contributed by atoms with Gasteiger partial charge in [-0.1, -0.05) is 56.2 Å². The van der Waals surface area contributed by atoms with Crippen LogP contribution in [0.4, 0.5) is 0 Å². The Bertz CT molecular complexity index is 1000. The smallest absolute Gasteiger partial charge is 0.237 e. The molecule has 0 saturated carbocycles. The number of unbranched alkanes of at least 4 members (excludes halogenated alkanes) is 2. The van der Waals surface area contributed by atoms with Crippen molar-refractivity contribution in [3.05, 3.63) is 71.3 Å². The number of aryl methyl sites for hydroxylation is 1. The Kier molecular flexibility index (Phi) is 4.29. The van der Waals surface area contributed by atoms with Crippen LogP contribution in [-0.2, 0) is 6.42 Å². The van der Waals surface area contributed by atoms with Gasteiger partial charge in [0.25, 0.3) is 0 Å². The summed E-state index contributed by atoms with van der Waals surface area (Å²) in [7, 11) is 0. The van der Waals surface area contributed by atoms with Crippen LogP contribution in [-0.4, -0.2) is 11.6 Å². The van der Waals surface area contributed by atoms with Gasteiger partial charge in [0.1, 0.15) is 11.5 Å². The summed E-state index contributed by atoms with van der Waals surface area (Å²) in [5.74, 6) is 0.321. The molecule has 0 aromatic heterocycles. The molecule has 1 aliphatic carbocycles. The van der Waals surface area contributed by atoms with Gasteiger partial charge in [0.05, 0.1) is 5.56 Å². The molecule has 0 saturated heterocycles. The van der Waals surface area contributed by atoms with Gasteiger partial charge in [-0.05, 0) is 42.0 Å². The number of ether oxygens (including phenoxy) is 1. The molecule has 26 heavy (non-hydrogen) atoms. The van der Waals surface area contributed by atoms with E-state index in [0.29, 0.717) is 22.6 Å². The van der Waals surface area contributed by atoms with E-state index in [0.717, 1.165) is 42.0 Å². The van der Waals surface area contributed by atoms with Crippen LogP contribution < -0.4 is 4.74 Å². The molecule has 4 rings (SSSR count). The highest BCUT2D eigenvalue weighted by molar-refractivity contribution is 6.57. The molecule has 3 aromatic rings. The van der Waals surface area contributed by atoms with Gasteiger partial charge in [0.2, 0.25) is 11.6 Å². The molecular formula is C23H20O3. The van der Waals surface area contributed by atoms with Crippen LogP contribution in [0.5, 0.6) is 11.5 Å². The van der Waals surface area contributed by atoms with Crippen molar-refractivity contribution >= 4 is 22.3 Å². The maximum atomic E-state index is 12.7. The Balaban J connectivity index is 1.91. The number of para-hydroxylation sites is 1. The van der Waals surface area contributed by atoms with Gasteiger partial charge in [-0.2, -0.15) is 0 Å². The first-order chi connectivity index (χ1) is 12.7. The van der Waals surface area contributed by atoms with Gasteiger partial charge in [0.15, 0.2) is 0 Å². The molecule has 0 spiro atoms. The lowest BCUT2D eigenvalue weighted by Crippen LogP contribution is -2.08. The minimum atomic E-state index is -0.459. The summed E-state index contributed by atoms with van der Waals surface area (Å²) in [6, 6.07) is 17.0. The number of carbonyl (C=O) groups excluding carboxylic acids is 2. The Morgan fingerprint density at radius 1 is 0.885 bits per heavy atom. The lowest BCUT2D eigenvalue weighted by molar-refractivity contribution is 0.0824. The second-order valence-corrected chi connectivity index (χ2v) is 6.67. The van der Waals surface area contributed by atoms with E-state index < -0.39 is 11.6 Å². The lowest BCUT2D eigenvalue weighted by atomic mass is 9.96. The Hall–Kier alpha value is -2.94. The summed E-state index contributed by atoms with van der Waals surface area (Å²) < 4.78 is 6.15. The number of carbonyl (C=O) groups is 2. The van der Waals surface area contributed by atoms with Gasteiger partial charge >= 0.3 is 0 Å². The van der Waals surface area contributed by atoms with Crippen LogP contribution >= 0.6 is 0 Å². The van der Waals surface area contributed by atoms with Crippen molar-refractivity contribution in [1.82, 2.24) is 0 Å². The Labute approximate surface area is 152 Å². The van der Waals surface area contributed by atoms with Gasteiger partial charge in [-0.15, -0.1) is 0 Å². The van der Waals surface area contributed by atoms with Crippen LogP contribution in [0, 0.1) is 0 Å². The molecule has 0 N–H and O–H groups in total. The van der Waals surface area contributed by atoms with Crippen molar-refractivity contribution in [2.75, 3.05) is 0 Å². The average molecular weight is 344 g/mol. The molecule has 3 nitrogen and oxygen atoms in total. The fourth-order valence-corrected chi connectivity index (χ4v) is 3.61. The lowest BCUT2D eigenvalue weighted by Gasteiger charge is -2.15. The molecule has 0 bridgehead atoms. The zero-order chi connectivity index (χ0) is 18.1. The third-order valence-corrected chi connectivity index (χ3v) is 4.89. The standard InChI is InChI=1S/C23H20O3/c1-2-3-5-9-16-14-15-10-8-13-18-19(15)20(22(25)21(18)24)23(16)26-17-11-6-4-7-12-17/h4,6-8,10-14H,2-3,5,9H2,1H3. The number of hydrogen-bond acceptors (Lipinski definition) is 3. The number of ketones is 2. The van der Waals surface area contributed by atoms with Crippen molar-refractivity contribution in [3.63, 3.8) is 0 Å². The normalized spacial score (nSPS) is 12.8. The number of Topliss-reactive ketones (excluding diaryl/α,β-unsaturated/α-hetero) is 2. The van der Waals surface area contributed by atoms with E-state index in [1.165, 1.54) is 0 Å². The van der Waals surface area contributed by atoms with Crippen molar-refractivity contribution < 1.29 is 14.3 Å². The summed E-state index contributed by atoms with van der Waals surface area (Å²) >= 11 is 0. The first-order valence-electron chi connectivity index (χ1n) is 9.11. The molecule has 0 unspecified atom stereocenters. The molecule has 0 heterocycles. The van der Waals surface area contributed by atoms with Gasteiger partial charge in [0, 0.05) is 10.9 Å². The first-order valence-corrected chi connectivity index (χ1v) is 9.11. The molecule has 1 aliphatic rings. The van der Waals surface area contributed by atoms with Crippen molar-refractivity contribution in [2.24, 2.45) is 0 Å². The maximum absolute atomic E-state index is 12.7. The highest BCUT2D eigenvalue weighted by atomic mass is 16.5. The van der Waals surface area contributed by atoms with Gasteiger partial charge in [-0.25, -0.2) is 0 Å². The molecule has 0 fully saturated rings. The first kappa shape index (κ1) is 16.5. The maximum Gasteiger partial charge on any atom is 0.237 e. The highest BCUT2D eigenvalue weighted by Gasteiger charge is 2.35. The fraction of sp³-hybridized carbons (Fsp3) is 0.217. The van der Waals surface area contributed by atoms with E-state index in [2.05, 4.69) is 13.0 Å². The van der Waals surface area contributed by atoms with Crippen LogP contribution in [0.1, 0.15) is 52.5 Å². The molecular weight excluding hydrogens is 324 g/mol. The summed E-state index contributed by atoms with van der Waals surface area (Å²) in [6.45, 7) is 2.16.